The van der Waals surface area contributed by atoms with Crippen molar-refractivity contribution >= 4 is 15.9 Å². The number of hydrogen-bond donors (Lipinski definition) is 2. The minimum atomic E-state index is -3.67. The lowest BCUT2D eigenvalue weighted by atomic mass is 10.1. The molecular weight excluding hydrogens is 280 g/mol. The highest BCUT2D eigenvalue weighted by Crippen LogP contribution is 2.28. The molecule has 0 aromatic heterocycles. The second-order valence-corrected chi connectivity index (χ2v) is 6.20. The molecule has 112 valence electrons. The normalized spacial score (nSPS) is 11.2. The molecule has 6 nitrogen and oxygen atoms in total. The zero-order chi connectivity index (χ0) is 15.3. The van der Waals surface area contributed by atoms with Crippen LogP contribution in [0.25, 0.3) is 0 Å². The first-order chi connectivity index (χ1) is 9.27. The van der Waals surface area contributed by atoms with Crippen LogP contribution in [-0.2, 0) is 14.8 Å². The van der Waals surface area contributed by atoms with Crippen molar-refractivity contribution in [2.24, 2.45) is 0 Å². The molecule has 1 aromatic rings. The summed E-state index contributed by atoms with van der Waals surface area (Å²) in [6, 6.07) is 3.46. The maximum atomic E-state index is 12.3. The van der Waals surface area contributed by atoms with Crippen molar-refractivity contribution in [2.45, 2.75) is 25.7 Å². The third kappa shape index (κ3) is 4.21. The molecule has 20 heavy (non-hydrogen) atoms. The van der Waals surface area contributed by atoms with Crippen LogP contribution in [-0.4, -0.2) is 34.5 Å². The van der Waals surface area contributed by atoms with Crippen LogP contribution in [0.2, 0.25) is 0 Å². The Hall–Kier alpha value is -1.60. The summed E-state index contributed by atoms with van der Waals surface area (Å²) in [5, 5.41) is 2.52. The van der Waals surface area contributed by atoms with E-state index < -0.39 is 10.0 Å². The molecule has 0 fully saturated rings. The molecule has 0 saturated heterocycles. The Morgan fingerprint density at radius 1 is 1.25 bits per heavy atom. The lowest BCUT2D eigenvalue weighted by Gasteiger charge is -2.14. The number of hydrogen-bond acceptors (Lipinski definition) is 4. The summed E-state index contributed by atoms with van der Waals surface area (Å²) in [4.78, 5) is 10.9. The van der Waals surface area contributed by atoms with Crippen LogP contribution in [0.4, 0.5) is 0 Å². The van der Waals surface area contributed by atoms with Gasteiger partial charge in [0, 0.05) is 20.0 Å². The first-order valence-corrected chi connectivity index (χ1v) is 7.65. The van der Waals surface area contributed by atoms with E-state index in [-0.39, 0.29) is 23.9 Å². The van der Waals surface area contributed by atoms with Gasteiger partial charge in [-0.25, -0.2) is 13.1 Å². The van der Waals surface area contributed by atoms with E-state index in [0.29, 0.717) is 11.3 Å². The van der Waals surface area contributed by atoms with Crippen molar-refractivity contribution in [1.82, 2.24) is 10.0 Å². The van der Waals surface area contributed by atoms with Crippen LogP contribution in [0.3, 0.4) is 0 Å². The number of carbonyl (C=O) groups is 1. The summed E-state index contributed by atoms with van der Waals surface area (Å²) in [5.74, 6) is 0.114. The first-order valence-electron chi connectivity index (χ1n) is 6.17. The average Bonchev–Trinajstić information content (AvgIpc) is 2.32. The number of nitrogens with one attached hydrogen (secondary N) is 2. The van der Waals surface area contributed by atoms with E-state index in [9.17, 15) is 13.2 Å². The largest absolute Gasteiger partial charge is 0.495 e. The quantitative estimate of drug-likeness (QED) is 0.758. The van der Waals surface area contributed by atoms with Gasteiger partial charge < -0.3 is 10.1 Å². The van der Waals surface area contributed by atoms with Crippen LogP contribution in [0, 0.1) is 13.8 Å². The SMILES string of the molecule is COc1cc(C)cc(C)c1S(=O)(=O)NCCNC(C)=O. The number of amides is 1. The van der Waals surface area contributed by atoms with Crippen molar-refractivity contribution in [3.05, 3.63) is 23.3 Å². The summed E-state index contributed by atoms with van der Waals surface area (Å²) in [6.07, 6.45) is 0. The number of rotatable bonds is 6. The summed E-state index contributed by atoms with van der Waals surface area (Å²) in [6.45, 7) is 5.33. The van der Waals surface area contributed by atoms with Crippen LogP contribution < -0.4 is 14.8 Å². The van der Waals surface area contributed by atoms with Gasteiger partial charge in [0.25, 0.3) is 0 Å². The zero-order valence-corrected chi connectivity index (χ0v) is 12.9. The number of aryl methyl sites for hydroxylation is 2. The maximum absolute atomic E-state index is 12.3. The maximum Gasteiger partial charge on any atom is 0.244 e. The predicted octanol–water partition coefficient (Wildman–Crippen LogP) is 0.726. The molecule has 0 aliphatic rings. The standard InChI is InChI=1S/C13H20N2O4S/c1-9-7-10(2)13(12(8-9)19-4)20(17,18)15-6-5-14-11(3)16/h7-8,15H,5-6H2,1-4H3,(H,14,16). The average molecular weight is 300 g/mol. The van der Waals surface area contributed by atoms with Crippen LogP contribution in [0.1, 0.15) is 18.1 Å². The lowest BCUT2D eigenvalue weighted by molar-refractivity contribution is -0.118. The first kappa shape index (κ1) is 16.5. The molecule has 7 heteroatoms. The van der Waals surface area contributed by atoms with Crippen LogP contribution in [0.15, 0.2) is 17.0 Å². The molecule has 0 bridgehead atoms. The molecule has 1 rings (SSSR count). The molecule has 0 aliphatic carbocycles. The van der Waals surface area contributed by atoms with Gasteiger partial charge in [-0.05, 0) is 31.0 Å². The third-order valence-corrected chi connectivity index (χ3v) is 4.31. The van der Waals surface area contributed by atoms with Crippen molar-refractivity contribution in [3.63, 3.8) is 0 Å². The summed E-state index contributed by atoms with van der Waals surface area (Å²) in [7, 11) is -2.24. The fourth-order valence-electron chi connectivity index (χ4n) is 1.91. The van der Waals surface area contributed by atoms with Gasteiger partial charge in [-0.3, -0.25) is 4.79 Å². The van der Waals surface area contributed by atoms with E-state index in [1.807, 2.05) is 6.92 Å². The molecule has 0 unspecified atom stereocenters. The Morgan fingerprint density at radius 2 is 1.90 bits per heavy atom. The Morgan fingerprint density at radius 3 is 2.45 bits per heavy atom. The van der Waals surface area contributed by atoms with Crippen molar-refractivity contribution < 1.29 is 17.9 Å². The van der Waals surface area contributed by atoms with E-state index in [1.165, 1.54) is 14.0 Å². The summed E-state index contributed by atoms with van der Waals surface area (Å²) in [5.41, 5.74) is 1.55. The molecule has 2 N–H and O–H groups in total. The molecular formula is C13H20N2O4S. The topological polar surface area (TPSA) is 84.5 Å². The number of ether oxygens (including phenoxy) is 1. The Bertz CT molecular complexity index is 597. The van der Waals surface area contributed by atoms with E-state index in [0.717, 1.165) is 5.56 Å². The minimum absolute atomic E-state index is 0.123. The van der Waals surface area contributed by atoms with Crippen molar-refractivity contribution in [1.29, 1.82) is 0 Å². The van der Waals surface area contributed by atoms with E-state index >= 15 is 0 Å². The highest BCUT2D eigenvalue weighted by Gasteiger charge is 2.22. The van der Waals surface area contributed by atoms with Gasteiger partial charge in [0.15, 0.2) is 0 Å². The van der Waals surface area contributed by atoms with E-state index in [4.69, 9.17) is 4.74 Å². The van der Waals surface area contributed by atoms with Crippen LogP contribution in [0.5, 0.6) is 5.75 Å². The number of carbonyl (C=O) groups excluding carboxylic acids is 1. The van der Waals surface area contributed by atoms with Gasteiger partial charge in [-0.15, -0.1) is 0 Å². The second kappa shape index (κ2) is 6.71. The highest BCUT2D eigenvalue weighted by molar-refractivity contribution is 7.89. The number of methoxy groups -OCH3 is 1. The van der Waals surface area contributed by atoms with Crippen molar-refractivity contribution in [2.75, 3.05) is 20.2 Å². The fraction of sp³-hybridized carbons (Fsp3) is 0.462. The van der Waals surface area contributed by atoms with E-state index in [2.05, 4.69) is 10.0 Å². The predicted molar refractivity (Wildman–Crippen MR) is 76.3 cm³/mol. The Kier molecular flexibility index (Phi) is 5.52. The number of benzene rings is 1. The third-order valence-electron chi connectivity index (χ3n) is 2.66. The van der Waals surface area contributed by atoms with E-state index in [1.54, 1.807) is 19.1 Å². The molecule has 0 radical (unpaired) electrons. The Balaban J connectivity index is 2.95. The lowest BCUT2D eigenvalue weighted by Crippen LogP contribution is -2.34. The molecule has 0 aliphatic heterocycles. The smallest absolute Gasteiger partial charge is 0.244 e. The molecule has 0 atom stereocenters. The molecule has 1 aromatic carbocycles. The van der Waals surface area contributed by atoms with Gasteiger partial charge in [0.2, 0.25) is 15.9 Å². The minimum Gasteiger partial charge on any atom is -0.495 e. The van der Waals surface area contributed by atoms with Gasteiger partial charge in [-0.2, -0.15) is 0 Å². The second-order valence-electron chi connectivity index (χ2n) is 4.49. The highest BCUT2D eigenvalue weighted by atomic mass is 32.2. The number of sulfonamides is 1. The molecule has 0 heterocycles. The van der Waals surface area contributed by atoms with Gasteiger partial charge in [0.1, 0.15) is 10.6 Å². The van der Waals surface area contributed by atoms with Crippen molar-refractivity contribution in [3.8, 4) is 5.75 Å². The zero-order valence-electron chi connectivity index (χ0n) is 12.1. The summed E-state index contributed by atoms with van der Waals surface area (Å²) < 4.78 is 32.2. The molecule has 1 amide bonds. The molecule has 0 saturated carbocycles. The van der Waals surface area contributed by atoms with Gasteiger partial charge in [-0.1, -0.05) is 6.07 Å². The van der Waals surface area contributed by atoms with Gasteiger partial charge >= 0.3 is 0 Å². The van der Waals surface area contributed by atoms with Gasteiger partial charge in [0.05, 0.1) is 7.11 Å². The monoisotopic (exact) mass is 300 g/mol. The van der Waals surface area contributed by atoms with Crippen LogP contribution >= 0.6 is 0 Å². The summed E-state index contributed by atoms with van der Waals surface area (Å²) >= 11 is 0. The Labute approximate surface area is 119 Å². The molecule has 0 spiro atoms. The fourth-order valence-corrected chi connectivity index (χ4v) is 3.31.